The minimum atomic E-state index is 0.141. The Hall–Kier alpha value is -1.45. The molecule has 0 aliphatic carbocycles. The van der Waals surface area contributed by atoms with Crippen LogP contribution in [0, 0.1) is 6.92 Å². The van der Waals surface area contributed by atoms with Gasteiger partial charge in [-0.05, 0) is 13.0 Å². The van der Waals surface area contributed by atoms with Crippen molar-refractivity contribution in [3.63, 3.8) is 0 Å². The fourth-order valence-corrected chi connectivity index (χ4v) is 0.677. The average molecular weight is 137 g/mol. The highest BCUT2D eigenvalue weighted by Gasteiger charge is 1.95. The molecule has 0 unspecified atom stereocenters. The summed E-state index contributed by atoms with van der Waals surface area (Å²) in [6, 6.07) is 1.57. The zero-order chi connectivity index (χ0) is 7.56. The van der Waals surface area contributed by atoms with Crippen molar-refractivity contribution in [3.8, 4) is 0 Å². The third-order valence-corrected chi connectivity index (χ3v) is 1.01. The van der Waals surface area contributed by atoms with Crippen LogP contribution in [0.25, 0.3) is 0 Å². The molecule has 0 saturated heterocycles. The van der Waals surface area contributed by atoms with Gasteiger partial charge in [0.15, 0.2) is 6.29 Å². The van der Waals surface area contributed by atoms with Crippen LogP contribution >= 0.6 is 0 Å². The summed E-state index contributed by atoms with van der Waals surface area (Å²) in [5.41, 5.74) is 6.28. The van der Waals surface area contributed by atoms with Crippen LogP contribution in [0.15, 0.2) is 6.07 Å². The highest BCUT2D eigenvalue weighted by Crippen LogP contribution is 1.97. The maximum atomic E-state index is 10.2. The Morgan fingerprint density at radius 1 is 1.60 bits per heavy atom. The highest BCUT2D eigenvalue weighted by molar-refractivity contribution is 5.72. The van der Waals surface area contributed by atoms with E-state index in [1.807, 2.05) is 0 Å². The number of hydrogen-bond acceptors (Lipinski definition) is 4. The predicted molar refractivity (Wildman–Crippen MR) is 36.6 cm³/mol. The van der Waals surface area contributed by atoms with Crippen LogP contribution in [0.1, 0.15) is 16.2 Å². The van der Waals surface area contributed by atoms with Crippen molar-refractivity contribution in [2.75, 3.05) is 5.73 Å². The smallest absolute Gasteiger partial charge is 0.220 e. The molecular formula is C6H7N3O. The van der Waals surface area contributed by atoms with Gasteiger partial charge in [0.25, 0.3) is 0 Å². The third-order valence-electron chi connectivity index (χ3n) is 1.01. The van der Waals surface area contributed by atoms with Crippen LogP contribution in [0.3, 0.4) is 0 Å². The van der Waals surface area contributed by atoms with Gasteiger partial charge in [-0.2, -0.15) is 0 Å². The van der Waals surface area contributed by atoms with E-state index in [9.17, 15) is 4.79 Å². The molecule has 4 heteroatoms. The van der Waals surface area contributed by atoms with Gasteiger partial charge >= 0.3 is 0 Å². The minimum Gasteiger partial charge on any atom is -0.368 e. The number of aromatic nitrogens is 2. The molecule has 1 heterocycles. The zero-order valence-electron chi connectivity index (χ0n) is 5.53. The Morgan fingerprint density at radius 2 is 2.30 bits per heavy atom. The molecule has 0 spiro atoms. The summed E-state index contributed by atoms with van der Waals surface area (Å²) < 4.78 is 0. The van der Waals surface area contributed by atoms with Crippen molar-refractivity contribution >= 4 is 12.2 Å². The monoisotopic (exact) mass is 137 g/mol. The summed E-state index contributed by atoms with van der Waals surface area (Å²) >= 11 is 0. The number of anilines is 1. The number of aldehydes is 1. The van der Waals surface area contributed by atoms with Gasteiger partial charge in [0, 0.05) is 5.69 Å². The van der Waals surface area contributed by atoms with Crippen molar-refractivity contribution in [2.24, 2.45) is 0 Å². The number of nitrogens with two attached hydrogens (primary N) is 1. The molecule has 2 N–H and O–H groups in total. The van der Waals surface area contributed by atoms with Gasteiger partial charge < -0.3 is 5.73 Å². The fraction of sp³-hybridized carbons (Fsp3) is 0.167. The lowest BCUT2D eigenvalue weighted by Crippen LogP contribution is -1.99. The van der Waals surface area contributed by atoms with E-state index in [0.29, 0.717) is 17.7 Å². The Balaban J connectivity index is 3.18. The van der Waals surface area contributed by atoms with Crippen molar-refractivity contribution in [1.82, 2.24) is 9.97 Å². The maximum Gasteiger partial charge on any atom is 0.220 e. The summed E-state index contributed by atoms with van der Waals surface area (Å²) in [6.45, 7) is 1.76. The molecule has 0 aliphatic heterocycles. The largest absolute Gasteiger partial charge is 0.368 e. The number of aryl methyl sites for hydroxylation is 1. The van der Waals surface area contributed by atoms with Crippen LogP contribution in [-0.4, -0.2) is 16.3 Å². The summed E-state index contributed by atoms with van der Waals surface area (Å²) in [7, 11) is 0. The molecule has 52 valence electrons. The van der Waals surface area contributed by atoms with Crippen molar-refractivity contribution in [3.05, 3.63) is 17.5 Å². The van der Waals surface area contributed by atoms with E-state index in [1.54, 1.807) is 13.0 Å². The number of carbonyl (C=O) groups is 1. The van der Waals surface area contributed by atoms with E-state index >= 15 is 0 Å². The predicted octanol–water partition coefficient (Wildman–Crippen LogP) is 0.180. The molecule has 0 amide bonds. The first kappa shape index (κ1) is 6.67. The molecule has 0 atom stereocenters. The van der Waals surface area contributed by atoms with Gasteiger partial charge in [0.1, 0.15) is 5.69 Å². The SMILES string of the molecule is Cc1cc(C=O)nc(N)n1. The number of carbonyl (C=O) groups excluding carboxylic acids is 1. The van der Waals surface area contributed by atoms with Gasteiger partial charge in [-0.25, -0.2) is 9.97 Å². The van der Waals surface area contributed by atoms with Gasteiger partial charge in [-0.15, -0.1) is 0 Å². The van der Waals surface area contributed by atoms with Crippen LogP contribution in [0.2, 0.25) is 0 Å². The third kappa shape index (κ3) is 1.28. The van der Waals surface area contributed by atoms with Crippen LogP contribution < -0.4 is 5.73 Å². The topological polar surface area (TPSA) is 68.9 Å². The van der Waals surface area contributed by atoms with Gasteiger partial charge in [0.2, 0.25) is 5.95 Å². The Bertz CT molecular complexity index is 239. The molecule has 1 aromatic heterocycles. The molecule has 0 saturated carbocycles. The maximum absolute atomic E-state index is 10.2. The van der Waals surface area contributed by atoms with Crippen LogP contribution in [0.5, 0.6) is 0 Å². The second kappa shape index (κ2) is 2.43. The summed E-state index contributed by atoms with van der Waals surface area (Å²) in [4.78, 5) is 17.6. The average Bonchev–Trinajstić information content (AvgIpc) is 1.85. The first-order chi connectivity index (χ1) is 4.72. The van der Waals surface area contributed by atoms with Gasteiger partial charge in [-0.1, -0.05) is 0 Å². The number of hydrogen-bond donors (Lipinski definition) is 1. The number of rotatable bonds is 1. The molecule has 0 aliphatic rings. The molecule has 1 aromatic rings. The second-order valence-electron chi connectivity index (χ2n) is 1.91. The van der Waals surface area contributed by atoms with E-state index in [2.05, 4.69) is 9.97 Å². The number of nitrogens with zero attached hydrogens (tertiary/aromatic N) is 2. The van der Waals surface area contributed by atoms with Crippen molar-refractivity contribution in [1.29, 1.82) is 0 Å². The zero-order valence-corrected chi connectivity index (χ0v) is 5.53. The van der Waals surface area contributed by atoms with Gasteiger partial charge in [0.05, 0.1) is 0 Å². The van der Waals surface area contributed by atoms with Crippen molar-refractivity contribution < 1.29 is 4.79 Å². The molecule has 0 radical (unpaired) electrons. The molecule has 4 nitrogen and oxygen atoms in total. The van der Waals surface area contributed by atoms with E-state index in [0.717, 1.165) is 0 Å². The molecule has 10 heavy (non-hydrogen) atoms. The molecule has 0 aromatic carbocycles. The summed E-state index contributed by atoms with van der Waals surface area (Å²) in [6.07, 6.45) is 0.644. The summed E-state index contributed by atoms with van der Waals surface area (Å²) in [5.74, 6) is 0.141. The normalized spacial score (nSPS) is 9.30. The molecule has 1 rings (SSSR count). The van der Waals surface area contributed by atoms with E-state index in [-0.39, 0.29) is 5.95 Å². The first-order valence-corrected chi connectivity index (χ1v) is 2.78. The van der Waals surface area contributed by atoms with Gasteiger partial charge in [-0.3, -0.25) is 4.79 Å². The first-order valence-electron chi connectivity index (χ1n) is 2.78. The highest BCUT2D eigenvalue weighted by atomic mass is 16.1. The lowest BCUT2D eigenvalue weighted by Gasteiger charge is -1.94. The number of nitrogen functional groups attached to an aromatic ring is 1. The Labute approximate surface area is 58.1 Å². The van der Waals surface area contributed by atoms with E-state index in [4.69, 9.17) is 5.73 Å². The minimum absolute atomic E-state index is 0.141. The second-order valence-corrected chi connectivity index (χ2v) is 1.91. The van der Waals surface area contributed by atoms with E-state index < -0.39 is 0 Å². The molecule has 0 bridgehead atoms. The lowest BCUT2D eigenvalue weighted by atomic mass is 10.3. The Morgan fingerprint density at radius 3 is 2.80 bits per heavy atom. The Kier molecular flexibility index (Phi) is 1.62. The molecule has 0 fully saturated rings. The quantitative estimate of drug-likeness (QED) is 0.560. The van der Waals surface area contributed by atoms with E-state index in [1.165, 1.54) is 0 Å². The standard InChI is InChI=1S/C6H7N3O/c1-4-2-5(3-10)9-6(7)8-4/h2-3H,1H3,(H2,7,8,9). The fourth-order valence-electron chi connectivity index (χ4n) is 0.677. The van der Waals surface area contributed by atoms with Crippen LogP contribution in [0.4, 0.5) is 5.95 Å². The molecular weight excluding hydrogens is 130 g/mol. The van der Waals surface area contributed by atoms with Crippen LogP contribution in [-0.2, 0) is 0 Å². The van der Waals surface area contributed by atoms with Crippen molar-refractivity contribution in [2.45, 2.75) is 6.92 Å². The lowest BCUT2D eigenvalue weighted by molar-refractivity contribution is 0.111. The summed E-state index contributed by atoms with van der Waals surface area (Å²) in [5, 5.41) is 0.